The molecule has 1 heterocycles. The van der Waals surface area contributed by atoms with Crippen LogP contribution in [-0.4, -0.2) is 54.9 Å². The Balaban J connectivity index is 2.33. The van der Waals surface area contributed by atoms with Crippen LogP contribution in [0.3, 0.4) is 0 Å². The van der Waals surface area contributed by atoms with Crippen LogP contribution in [0.15, 0.2) is 0 Å². The molecule has 0 amide bonds. The van der Waals surface area contributed by atoms with E-state index in [-0.39, 0.29) is 5.54 Å². The van der Waals surface area contributed by atoms with Crippen LogP contribution in [0.4, 0.5) is 0 Å². The van der Waals surface area contributed by atoms with Crippen molar-refractivity contribution in [2.75, 3.05) is 39.3 Å². The molecular formula is C15H33N3O. The topological polar surface area (TPSA) is 61.5 Å². The number of nitrogens with zero attached hydrogens (tertiary/aromatic N) is 1. The summed E-state index contributed by atoms with van der Waals surface area (Å²) in [6.07, 6.45) is 8.02. The Labute approximate surface area is 118 Å². The number of nitrogens with two attached hydrogens (primary N) is 1. The van der Waals surface area contributed by atoms with Crippen LogP contribution in [0.5, 0.6) is 0 Å². The summed E-state index contributed by atoms with van der Waals surface area (Å²) < 4.78 is 0. The summed E-state index contributed by atoms with van der Waals surface area (Å²) in [6, 6.07) is 0. The summed E-state index contributed by atoms with van der Waals surface area (Å²) in [5.41, 5.74) is 6.20. The van der Waals surface area contributed by atoms with Gasteiger partial charge in [0.15, 0.2) is 0 Å². The summed E-state index contributed by atoms with van der Waals surface area (Å²) in [6.45, 7) is 7.96. The normalized spacial score (nSPS) is 25.4. The molecule has 1 unspecified atom stereocenters. The third-order valence-electron chi connectivity index (χ3n) is 4.30. The van der Waals surface area contributed by atoms with E-state index >= 15 is 0 Å². The van der Waals surface area contributed by atoms with Gasteiger partial charge in [0.25, 0.3) is 0 Å². The predicted octanol–water partition coefficient (Wildman–Crippen LogP) is 1.33. The Morgan fingerprint density at radius 3 is 2.74 bits per heavy atom. The SMILES string of the molecule is CCCN1CCCC(CN)(NCCCCCO)CC1. The number of likely N-dealkylation sites (tertiary alicyclic amines) is 1. The molecule has 1 aliphatic heterocycles. The van der Waals surface area contributed by atoms with Crippen LogP contribution >= 0.6 is 0 Å². The van der Waals surface area contributed by atoms with Crippen molar-refractivity contribution in [1.82, 2.24) is 10.2 Å². The molecule has 4 heteroatoms. The number of aliphatic hydroxyl groups is 1. The molecule has 0 aromatic carbocycles. The van der Waals surface area contributed by atoms with Gasteiger partial charge >= 0.3 is 0 Å². The second kappa shape index (κ2) is 9.70. The second-order valence-electron chi connectivity index (χ2n) is 5.89. The number of rotatable bonds is 9. The standard InChI is InChI=1S/C15H33N3O/c1-2-10-18-11-6-7-15(14-16,8-12-18)17-9-4-3-5-13-19/h17,19H,2-14,16H2,1H3. The zero-order valence-electron chi connectivity index (χ0n) is 12.7. The molecule has 1 fully saturated rings. The molecule has 4 N–H and O–H groups in total. The predicted molar refractivity (Wildman–Crippen MR) is 81.3 cm³/mol. The molecule has 1 aliphatic rings. The van der Waals surface area contributed by atoms with Crippen LogP contribution < -0.4 is 11.1 Å². The lowest BCUT2D eigenvalue weighted by atomic mass is 9.90. The maximum Gasteiger partial charge on any atom is 0.0431 e. The summed E-state index contributed by atoms with van der Waals surface area (Å²) >= 11 is 0. The highest BCUT2D eigenvalue weighted by Crippen LogP contribution is 2.21. The highest BCUT2D eigenvalue weighted by Gasteiger charge is 2.30. The molecule has 1 saturated heterocycles. The van der Waals surface area contributed by atoms with E-state index in [2.05, 4.69) is 17.1 Å². The van der Waals surface area contributed by atoms with Crippen molar-refractivity contribution in [3.63, 3.8) is 0 Å². The van der Waals surface area contributed by atoms with Gasteiger partial charge in [-0.1, -0.05) is 6.92 Å². The molecule has 0 aromatic heterocycles. The minimum absolute atomic E-state index is 0.154. The van der Waals surface area contributed by atoms with Gasteiger partial charge in [-0.2, -0.15) is 0 Å². The number of nitrogens with one attached hydrogen (secondary N) is 1. The molecule has 19 heavy (non-hydrogen) atoms. The maximum absolute atomic E-state index is 8.78. The average molecular weight is 271 g/mol. The molecule has 114 valence electrons. The highest BCUT2D eigenvalue weighted by molar-refractivity contribution is 4.92. The first-order chi connectivity index (χ1) is 9.26. The van der Waals surface area contributed by atoms with Crippen molar-refractivity contribution >= 4 is 0 Å². The van der Waals surface area contributed by atoms with Gasteiger partial charge in [-0.15, -0.1) is 0 Å². The Kier molecular flexibility index (Phi) is 8.62. The second-order valence-corrected chi connectivity index (χ2v) is 5.89. The monoisotopic (exact) mass is 271 g/mol. The Hall–Kier alpha value is -0.160. The maximum atomic E-state index is 8.78. The fourth-order valence-corrected chi connectivity index (χ4v) is 3.01. The third kappa shape index (κ3) is 6.21. The zero-order valence-corrected chi connectivity index (χ0v) is 12.7. The molecule has 1 rings (SSSR count). The van der Waals surface area contributed by atoms with E-state index in [9.17, 15) is 0 Å². The summed E-state index contributed by atoms with van der Waals surface area (Å²) in [5, 5.41) is 12.5. The van der Waals surface area contributed by atoms with Gasteiger partial charge in [0.2, 0.25) is 0 Å². The highest BCUT2D eigenvalue weighted by atomic mass is 16.2. The summed E-state index contributed by atoms with van der Waals surface area (Å²) in [7, 11) is 0. The Morgan fingerprint density at radius 2 is 2.05 bits per heavy atom. The van der Waals surface area contributed by atoms with Crippen molar-refractivity contribution in [3.05, 3.63) is 0 Å². The van der Waals surface area contributed by atoms with Gasteiger partial charge in [0.05, 0.1) is 0 Å². The fourth-order valence-electron chi connectivity index (χ4n) is 3.01. The molecule has 0 saturated carbocycles. The number of aliphatic hydroxyl groups excluding tert-OH is 1. The van der Waals surface area contributed by atoms with Gasteiger partial charge in [-0.25, -0.2) is 0 Å². The van der Waals surface area contributed by atoms with E-state index in [4.69, 9.17) is 10.8 Å². The molecule has 1 atom stereocenters. The van der Waals surface area contributed by atoms with Crippen LogP contribution in [0.1, 0.15) is 51.9 Å². The fraction of sp³-hybridized carbons (Fsp3) is 1.00. The summed E-state index contributed by atoms with van der Waals surface area (Å²) in [5.74, 6) is 0. The van der Waals surface area contributed by atoms with E-state index in [1.807, 2.05) is 0 Å². The Bertz CT molecular complexity index is 225. The van der Waals surface area contributed by atoms with E-state index in [1.165, 1.54) is 45.3 Å². The van der Waals surface area contributed by atoms with Gasteiger partial charge in [0.1, 0.15) is 0 Å². The minimum atomic E-state index is 0.154. The number of hydrogen-bond acceptors (Lipinski definition) is 4. The minimum Gasteiger partial charge on any atom is -0.396 e. The van der Waals surface area contributed by atoms with E-state index in [0.29, 0.717) is 6.61 Å². The van der Waals surface area contributed by atoms with E-state index < -0.39 is 0 Å². The third-order valence-corrected chi connectivity index (χ3v) is 4.30. The van der Waals surface area contributed by atoms with Crippen molar-refractivity contribution in [2.45, 2.75) is 57.4 Å². The number of hydrogen-bond donors (Lipinski definition) is 3. The van der Waals surface area contributed by atoms with Crippen LogP contribution in [0.2, 0.25) is 0 Å². The summed E-state index contributed by atoms with van der Waals surface area (Å²) in [4.78, 5) is 2.57. The van der Waals surface area contributed by atoms with Crippen LogP contribution in [-0.2, 0) is 0 Å². The lowest BCUT2D eigenvalue weighted by Gasteiger charge is -2.33. The molecular weight excluding hydrogens is 238 g/mol. The molecule has 0 bridgehead atoms. The smallest absolute Gasteiger partial charge is 0.0431 e. The first kappa shape index (κ1) is 16.9. The van der Waals surface area contributed by atoms with Crippen molar-refractivity contribution in [1.29, 1.82) is 0 Å². The van der Waals surface area contributed by atoms with E-state index in [1.54, 1.807) is 0 Å². The zero-order chi connectivity index (χ0) is 14.0. The largest absolute Gasteiger partial charge is 0.396 e. The van der Waals surface area contributed by atoms with Gasteiger partial charge < -0.3 is 21.1 Å². The molecule has 0 aliphatic carbocycles. The van der Waals surface area contributed by atoms with Gasteiger partial charge in [-0.3, -0.25) is 0 Å². The van der Waals surface area contributed by atoms with E-state index in [0.717, 1.165) is 32.4 Å². The van der Waals surface area contributed by atoms with Crippen LogP contribution in [0.25, 0.3) is 0 Å². The molecule has 4 nitrogen and oxygen atoms in total. The quantitative estimate of drug-likeness (QED) is 0.554. The lowest BCUT2D eigenvalue weighted by Crippen LogP contribution is -2.52. The first-order valence-corrected chi connectivity index (χ1v) is 8.04. The Morgan fingerprint density at radius 1 is 1.21 bits per heavy atom. The van der Waals surface area contributed by atoms with Gasteiger partial charge in [0, 0.05) is 18.7 Å². The molecule has 0 radical (unpaired) electrons. The van der Waals surface area contributed by atoms with Gasteiger partial charge in [-0.05, 0) is 71.1 Å². The number of unbranched alkanes of at least 4 members (excludes halogenated alkanes) is 2. The van der Waals surface area contributed by atoms with Crippen LogP contribution in [0, 0.1) is 0 Å². The lowest BCUT2D eigenvalue weighted by molar-refractivity contribution is 0.255. The van der Waals surface area contributed by atoms with Crippen molar-refractivity contribution in [2.24, 2.45) is 5.73 Å². The van der Waals surface area contributed by atoms with Crippen molar-refractivity contribution < 1.29 is 5.11 Å². The molecule has 0 spiro atoms. The first-order valence-electron chi connectivity index (χ1n) is 8.04. The molecule has 0 aromatic rings. The average Bonchev–Trinajstić information content (AvgIpc) is 2.63. The van der Waals surface area contributed by atoms with Crippen molar-refractivity contribution in [3.8, 4) is 0 Å².